The van der Waals surface area contributed by atoms with Crippen molar-refractivity contribution in [3.05, 3.63) is 89.6 Å². The van der Waals surface area contributed by atoms with Crippen molar-refractivity contribution in [3.8, 4) is 0 Å². The first-order valence-electron chi connectivity index (χ1n) is 28.1. The highest BCUT2D eigenvalue weighted by Gasteiger charge is 2.51. The summed E-state index contributed by atoms with van der Waals surface area (Å²) in [4.78, 5) is 82.2. The molecule has 0 aliphatic carbocycles. The summed E-state index contributed by atoms with van der Waals surface area (Å²) in [5, 5.41) is 44.5. The number of aliphatic hydroxyl groups excluding tert-OH is 3. The molecule has 0 saturated carbocycles. The van der Waals surface area contributed by atoms with Crippen LogP contribution in [-0.2, 0) is 44.7 Å². The van der Waals surface area contributed by atoms with Gasteiger partial charge < -0.3 is 51.3 Å². The quantitative estimate of drug-likeness (QED) is 0.0420. The number of hydrogen-bond acceptors (Lipinski definition) is 13. The van der Waals surface area contributed by atoms with Crippen LogP contribution < -0.4 is 27.1 Å². The molecule has 77 heavy (non-hydrogen) atoms. The van der Waals surface area contributed by atoms with Crippen LogP contribution in [0, 0.1) is 41.4 Å². The molecule has 426 valence electrons. The second-order valence-corrected chi connectivity index (χ2v) is 22.7. The summed E-state index contributed by atoms with van der Waals surface area (Å²) < 4.78 is 13.0. The van der Waals surface area contributed by atoms with Gasteiger partial charge in [0.05, 0.1) is 30.3 Å². The Kier molecular flexibility index (Phi) is 23.5. The summed E-state index contributed by atoms with van der Waals surface area (Å²) in [6.45, 7) is 18.8. The number of cyclic esters (lactones) is 1. The zero-order chi connectivity index (χ0) is 56.7. The average Bonchev–Trinajstić information content (AvgIpc) is 3.38. The zero-order valence-electron chi connectivity index (χ0n) is 47.2. The molecule has 17 nitrogen and oxygen atoms in total. The van der Waals surface area contributed by atoms with Crippen molar-refractivity contribution in [2.24, 2.45) is 41.4 Å². The fourth-order valence-corrected chi connectivity index (χ4v) is 10.9. The number of nitrogen functional groups attached to an aromatic ring is 1. The number of benzene rings is 1. The Morgan fingerprint density at radius 3 is 2.44 bits per heavy atom. The summed E-state index contributed by atoms with van der Waals surface area (Å²) in [6.07, 6.45) is 14.6. The normalized spacial score (nSPS) is 33.2. The van der Waals surface area contributed by atoms with E-state index in [9.17, 15) is 44.1 Å². The van der Waals surface area contributed by atoms with Crippen LogP contribution >= 0.6 is 0 Å². The van der Waals surface area contributed by atoms with Crippen molar-refractivity contribution in [2.75, 3.05) is 12.3 Å². The molecule has 5 rings (SSSR count). The van der Waals surface area contributed by atoms with Gasteiger partial charge >= 0.3 is 5.97 Å². The van der Waals surface area contributed by atoms with Crippen molar-refractivity contribution in [2.45, 2.75) is 194 Å². The Labute approximate surface area is 457 Å². The second-order valence-electron chi connectivity index (χ2n) is 22.7. The molecule has 9 N–H and O–H groups in total. The third-order valence-corrected chi connectivity index (χ3v) is 16.2. The van der Waals surface area contributed by atoms with E-state index in [1.54, 1.807) is 63.3 Å². The monoisotopic (exact) mass is 1070 g/mol. The fraction of sp³-hybridized carbons (Fsp3) is 0.633. The van der Waals surface area contributed by atoms with E-state index in [0.29, 0.717) is 43.4 Å². The van der Waals surface area contributed by atoms with Crippen LogP contribution in [-0.4, -0.2) is 117 Å². The van der Waals surface area contributed by atoms with Gasteiger partial charge in [-0.3, -0.25) is 29.0 Å². The molecule has 0 aromatic heterocycles. The molecule has 1 aromatic rings. The van der Waals surface area contributed by atoms with E-state index in [0.717, 1.165) is 24.0 Å². The van der Waals surface area contributed by atoms with E-state index < -0.39 is 89.7 Å². The summed E-state index contributed by atoms with van der Waals surface area (Å²) in [6, 6.07) is 3.70. The number of hydrazine groups is 1. The minimum absolute atomic E-state index is 0.0111. The Morgan fingerprint density at radius 2 is 1.75 bits per heavy atom. The SMILES string of the molecule is CC[C@H]1C[C@H](C)[C@@]2(NC1=O)O[C@@H](C[C@H](O)[C@@H](C)CC/C=C/C=C(\C)[C@@H]1C/C=C/C=C/[C@H](O)[C@H](C)[C@@H](O)[C@@H](CCC(C)=O)C(=O)N[C@@H](C(C)C)C(=O)NC(Cc3cccc(N)c3)C(=O)N3CCCC(N3)C(=O)O1)[C@H](C)C=C2C. The van der Waals surface area contributed by atoms with Gasteiger partial charge in [-0.15, -0.1) is 0 Å². The maximum Gasteiger partial charge on any atom is 0.325 e. The van der Waals surface area contributed by atoms with Gasteiger partial charge in [0, 0.05) is 61.6 Å². The van der Waals surface area contributed by atoms with E-state index in [1.165, 1.54) is 18.0 Å². The standard InChI is InChI=1S/C60H90N6O11/c1-11-44-31-40(8)60(64-55(44)71)39(7)30-38(6)52(77-60)34-50(69)36(4)20-14-12-15-21-37(5)51-26-17-13-16-25-49(68)42(10)54(70)46(28-27-41(9)67)56(72)63-53(35(2)3)57(73)62-48(33-43-22-18-23-45(61)32-43)58(74)66-29-19-24-47(65-66)59(75)76-51/h12-13,15-18,21-23,25,30,32,35-36,38,40,42,44,46-54,65,68-70H,11,14,19-20,24,26-29,31,33-34,61H2,1-10H3,(H,62,73)(H,63,72)(H,64,71)/b15-12+,17-13+,25-16+,37-21+/t36-,38+,40-,42-,44-,46+,47?,48?,49-,50-,51-,52-,53-,54+,60-/m0/s1. The number of ketones is 1. The number of hydrogen-bond donors (Lipinski definition) is 8. The van der Waals surface area contributed by atoms with Crippen LogP contribution in [0.2, 0.25) is 0 Å². The predicted octanol–water partition coefficient (Wildman–Crippen LogP) is 6.23. The number of nitrogens with one attached hydrogen (secondary N) is 4. The number of carbonyl (C=O) groups excluding carboxylic acids is 6. The fourth-order valence-electron chi connectivity index (χ4n) is 10.9. The summed E-state index contributed by atoms with van der Waals surface area (Å²) in [7, 11) is 0. The molecule has 4 amide bonds. The van der Waals surface area contributed by atoms with Crippen molar-refractivity contribution < 1.29 is 53.6 Å². The van der Waals surface area contributed by atoms with Gasteiger partial charge in [-0.2, -0.15) is 0 Å². The van der Waals surface area contributed by atoms with Crippen LogP contribution in [0.4, 0.5) is 5.69 Å². The van der Waals surface area contributed by atoms with Crippen molar-refractivity contribution in [3.63, 3.8) is 0 Å². The van der Waals surface area contributed by atoms with Crippen LogP contribution in [0.25, 0.3) is 0 Å². The molecule has 1 spiro atoms. The average molecular weight is 1070 g/mol. The molecule has 4 aliphatic heterocycles. The van der Waals surface area contributed by atoms with Crippen molar-refractivity contribution in [1.82, 2.24) is 26.4 Å². The molecule has 1 aromatic carbocycles. The highest BCUT2D eigenvalue weighted by molar-refractivity contribution is 5.93. The Bertz CT molecular complexity index is 2360. The molecular formula is C60H90N6O11. The lowest BCUT2D eigenvalue weighted by molar-refractivity contribution is -0.179. The minimum Gasteiger partial charge on any atom is -0.456 e. The number of fused-ring (bicyclic) bond motifs is 2. The maximum absolute atomic E-state index is 14.6. The van der Waals surface area contributed by atoms with E-state index in [1.807, 2.05) is 45.9 Å². The minimum atomic E-state index is -1.42. The first-order valence-corrected chi connectivity index (χ1v) is 28.1. The number of rotatable bonds is 15. The Hall–Kier alpha value is -5.46. The number of amides is 4. The highest BCUT2D eigenvalue weighted by atomic mass is 16.5. The number of ether oxygens (including phenoxy) is 2. The van der Waals surface area contributed by atoms with E-state index in [2.05, 4.69) is 41.3 Å². The predicted molar refractivity (Wildman–Crippen MR) is 297 cm³/mol. The molecule has 0 radical (unpaired) electrons. The van der Waals surface area contributed by atoms with Gasteiger partial charge in [-0.1, -0.05) is 109 Å². The summed E-state index contributed by atoms with van der Waals surface area (Å²) in [5.41, 5.74) is 11.2. The Balaban J connectivity index is 1.35. The molecule has 15 atom stereocenters. The number of Topliss-reactive ketones (excluding diaryl/α,β-unsaturated/α-hetero) is 1. The van der Waals surface area contributed by atoms with Gasteiger partial charge in [-0.05, 0) is 106 Å². The van der Waals surface area contributed by atoms with Crippen molar-refractivity contribution in [1.29, 1.82) is 0 Å². The van der Waals surface area contributed by atoms with Crippen molar-refractivity contribution >= 4 is 41.1 Å². The maximum atomic E-state index is 14.6. The first kappa shape index (κ1) is 62.4. The zero-order valence-corrected chi connectivity index (χ0v) is 47.2. The van der Waals surface area contributed by atoms with Gasteiger partial charge in [0.15, 0.2) is 5.72 Å². The smallest absolute Gasteiger partial charge is 0.325 e. The van der Waals surface area contributed by atoms with Gasteiger partial charge in [0.25, 0.3) is 5.91 Å². The first-order chi connectivity index (χ1) is 36.5. The number of esters is 1. The highest BCUT2D eigenvalue weighted by Crippen LogP contribution is 2.43. The van der Waals surface area contributed by atoms with Gasteiger partial charge in [-0.25, -0.2) is 5.43 Å². The Morgan fingerprint density at radius 1 is 1.01 bits per heavy atom. The second kappa shape index (κ2) is 29.0. The third-order valence-electron chi connectivity index (χ3n) is 16.2. The number of piperidine rings is 1. The number of anilines is 1. The van der Waals surface area contributed by atoms with Crippen LogP contribution in [0.1, 0.15) is 139 Å². The number of allylic oxidation sites excluding steroid dienone is 5. The van der Waals surface area contributed by atoms with Crippen LogP contribution in [0.5, 0.6) is 0 Å². The molecular weight excluding hydrogens is 981 g/mol. The van der Waals surface area contributed by atoms with Gasteiger partial charge in [0.1, 0.15) is 30.0 Å². The lowest BCUT2D eigenvalue weighted by Crippen LogP contribution is -2.64. The summed E-state index contributed by atoms with van der Waals surface area (Å²) >= 11 is 0. The molecule has 2 unspecified atom stereocenters. The molecule has 17 heteroatoms. The molecule has 2 bridgehead atoms. The topological polar surface area (TPSA) is 259 Å². The van der Waals surface area contributed by atoms with Crippen LogP contribution in [0.15, 0.2) is 84.0 Å². The lowest BCUT2D eigenvalue weighted by atomic mass is 9.75. The number of carbonyl (C=O) groups is 6. The van der Waals surface area contributed by atoms with E-state index in [-0.39, 0.29) is 73.7 Å². The molecule has 4 aliphatic rings. The van der Waals surface area contributed by atoms with Crippen LogP contribution in [0.3, 0.4) is 0 Å². The summed E-state index contributed by atoms with van der Waals surface area (Å²) in [5.74, 6) is -5.09. The molecule has 2 saturated heterocycles. The number of nitrogens with two attached hydrogens (primary N) is 1. The number of nitrogens with zero attached hydrogens (tertiary/aromatic N) is 1. The van der Waals surface area contributed by atoms with E-state index >= 15 is 0 Å². The third kappa shape index (κ3) is 17.0. The van der Waals surface area contributed by atoms with Gasteiger partial charge in [0.2, 0.25) is 17.7 Å². The molecule has 2 fully saturated rings. The molecule has 4 heterocycles. The lowest BCUT2D eigenvalue weighted by Gasteiger charge is -2.51. The largest absolute Gasteiger partial charge is 0.456 e. The number of aliphatic hydroxyl groups is 3. The van der Waals surface area contributed by atoms with E-state index in [4.69, 9.17) is 15.2 Å².